The lowest BCUT2D eigenvalue weighted by molar-refractivity contribution is 0.120. The molecule has 1 saturated carbocycles. The van der Waals surface area contributed by atoms with Gasteiger partial charge in [-0.05, 0) is 43.4 Å². The smallest absolute Gasteiger partial charge is 0.488 e. The zero-order valence-corrected chi connectivity index (χ0v) is 13.0. The second kappa shape index (κ2) is 7.83. The van der Waals surface area contributed by atoms with Crippen molar-refractivity contribution in [3.05, 3.63) is 24.3 Å². The highest BCUT2D eigenvalue weighted by atomic mass is 16.5. The molecule has 116 valence electrons. The molecule has 0 aromatic heterocycles. The van der Waals surface area contributed by atoms with Crippen LogP contribution in [0.3, 0.4) is 0 Å². The molecule has 21 heavy (non-hydrogen) atoms. The summed E-state index contributed by atoms with van der Waals surface area (Å²) >= 11 is 0. The van der Waals surface area contributed by atoms with E-state index in [0.717, 1.165) is 18.2 Å². The van der Waals surface area contributed by atoms with E-state index in [2.05, 4.69) is 18.9 Å². The second-order valence-corrected chi connectivity index (χ2v) is 6.10. The summed E-state index contributed by atoms with van der Waals surface area (Å²) in [5.41, 5.74) is 0.482. The summed E-state index contributed by atoms with van der Waals surface area (Å²) in [7, 11) is 0.763. The molecular formula is C16H26BNO3. The van der Waals surface area contributed by atoms with Crippen molar-refractivity contribution in [2.75, 3.05) is 20.2 Å². The van der Waals surface area contributed by atoms with Crippen molar-refractivity contribution in [3.63, 3.8) is 0 Å². The summed E-state index contributed by atoms with van der Waals surface area (Å²) in [4.78, 5) is 2.41. The lowest BCUT2D eigenvalue weighted by Gasteiger charge is -2.36. The van der Waals surface area contributed by atoms with Crippen LogP contribution in [-0.4, -0.2) is 48.3 Å². The van der Waals surface area contributed by atoms with Crippen LogP contribution in [0.4, 0.5) is 0 Å². The van der Waals surface area contributed by atoms with Crippen LogP contribution in [0.15, 0.2) is 24.3 Å². The Bertz CT molecular complexity index is 424. The van der Waals surface area contributed by atoms with E-state index >= 15 is 0 Å². The number of ether oxygens (including phenoxy) is 1. The normalized spacial score (nSPS) is 22.3. The Morgan fingerprint density at radius 2 is 1.86 bits per heavy atom. The highest BCUT2D eigenvalue weighted by Crippen LogP contribution is 2.27. The summed E-state index contributed by atoms with van der Waals surface area (Å²) in [6, 6.07) is 7.57. The standard InChI is InChI=1S/C16H26BNO3/c1-13-5-3-4-6-16(13)18(2)11-12-21-15-9-7-14(8-10-15)17(19)20/h7-10,13,16,19-20H,3-6,11-12H2,1-2H3. The molecule has 0 heterocycles. The first kappa shape index (κ1) is 16.3. The largest absolute Gasteiger partial charge is 0.492 e. The number of hydrogen-bond donors (Lipinski definition) is 2. The lowest BCUT2D eigenvalue weighted by atomic mass is 9.80. The molecule has 2 unspecified atom stereocenters. The lowest BCUT2D eigenvalue weighted by Crippen LogP contribution is -2.40. The van der Waals surface area contributed by atoms with E-state index in [-0.39, 0.29) is 0 Å². The molecule has 0 spiro atoms. The molecule has 0 amide bonds. The first-order valence-corrected chi connectivity index (χ1v) is 7.87. The van der Waals surface area contributed by atoms with Gasteiger partial charge in [0.2, 0.25) is 0 Å². The molecule has 1 fully saturated rings. The van der Waals surface area contributed by atoms with Crippen LogP contribution >= 0.6 is 0 Å². The van der Waals surface area contributed by atoms with Crippen molar-refractivity contribution in [3.8, 4) is 5.75 Å². The maximum absolute atomic E-state index is 9.04. The number of benzene rings is 1. The van der Waals surface area contributed by atoms with Crippen LogP contribution in [0.1, 0.15) is 32.6 Å². The molecule has 0 aliphatic heterocycles. The summed E-state index contributed by atoms with van der Waals surface area (Å²) in [6.07, 6.45) is 5.33. The third-order valence-electron chi connectivity index (χ3n) is 4.52. The fraction of sp³-hybridized carbons (Fsp3) is 0.625. The van der Waals surface area contributed by atoms with Gasteiger partial charge < -0.3 is 14.8 Å². The van der Waals surface area contributed by atoms with E-state index in [1.54, 1.807) is 24.3 Å². The van der Waals surface area contributed by atoms with Gasteiger partial charge in [0.25, 0.3) is 0 Å². The van der Waals surface area contributed by atoms with Gasteiger partial charge in [0.15, 0.2) is 0 Å². The van der Waals surface area contributed by atoms with Crippen LogP contribution in [0.2, 0.25) is 0 Å². The molecule has 1 aromatic carbocycles. The maximum atomic E-state index is 9.04. The first-order chi connectivity index (χ1) is 10.1. The second-order valence-electron chi connectivity index (χ2n) is 6.10. The van der Waals surface area contributed by atoms with E-state index < -0.39 is 7.12 Å². The molecule has 2 N–H and O–H groups in total. The fourth-order valence-electron chi connectivity index (χ4n) is 3.16. The molecule has 2 atom stereocenters. The number of hydrogen-bond acceptors (Lipinski definition) is 4. The SMILES string of the molecule is CC1CCCCC1N(C)CCOc1ccc(B(O)O)cc1. The summed E-state index contributed by atoms with van der Waals surface area (Å²) in [6.45, 7) is 3.92. The van der Waals surface area contributed by atoms with Gasteiger partial charge in [0.05, 0.1) is 0 Å². The van der Waals surface area contributed by atoms with Gasteiger partial charge in [-0.15, -0.1) is 0 Å². The quantitative estimate of drug-likeness (QED) is 0.775. The fourth-order valence-corrected chi connectivity index (χ4v) is 3.16. The summed E-state index contributed by atoms with van der Waals surface area (Å²) in [5.74, 6) is 1.54. The summed E-state index contributed by atoms with van der Waals surface area (Å²) < 4.78 is 5.73. The molecular weight excluding hydrogens is 265 g/mol. The topological polar surface area (TPSA) is 52.9 Å². The monoisotopic (exact) mass is 291 g/mol. The van der Waals surface area contributed by atoms with Crippen molar-refractivity contribution in [2.24, 2.45) is 5.92 Å². The third-order valence-corrected chi connectivity index (χ3v) is 4.52. The molecule has 1 aromatic rings. The molecule has 1 aliphatic carbocycles. The van der Waals surface area contributed by atoms with E-state index in [1.165, 1.54) is 25.7 Å². The van der Waals surface area contributed by atoms with Gasteiger partial charge in [0.1, 0.15) is 12.4 Å². The highest BCUT2D eigenvalue weighted by molar-refractivity contribution is 6.58. The minimum atomic E-state index is -1.42. The number of likely N-dealkylation sites (N-methyl/N-ethyl adjacent to an activating group) is 1. The average Bonchev–Trinajstić information content (AvgIpc) is 2.48. The molecule has 4 nitrogen and oxygen atoms in total. The van der Waals surface area contributed by atoms with Crippen molar-refractivity contribution in [2.45, 2.75) is 38.6 Å². The van der Waals surface area contributed by atoms with Crippen LogP contribution < -0.4 is 10.2 Å². The first-order valence-electron chi connectivity index (χ1n) is 7.87. The van der Waals surface area contributed by atoms with E-state index in [0.29, 0.717) is 18.1 Å². The van der Waals surface area contributed by atoms with Crippen molar-refractivity contribution < 1.29 is 14.8 Å². The van der Waals surface area contributed by atoms with Gasteiger partial charge in [-0.2, -0.15) is 0 Å². The van der Waals surface area contributed by atoms with Crippen molar-refractivity contribution in [1.29, 1.82) is 0 Å². The van der Waals surface area contributed by atoms with Crippen molar-refractivity contribution >= 4 is 12.6 Å². The highest BCUT2D eigenvalue weighted by Gasteiger charge is 2.24. The maximum Gasteiger partial charge on any atom is 0.488 e. The molecule has 0 saturated heterocycles. The molecule has 5 heteroatoms. The Morgan fingerprint density at radius 3 is 2.48 bits per heavy atom. The summed E-state index contributed by atoms with van der Waals surface area (Å²) in [5, 5.41) is 18.1. The predicted molar refractivity (Wildman–Crippen MR) is 85.8 cm³/mol. The Kier molecular flexibility index (Phi) is 6.09. The van der Waals surface area contributed by atoms with E-state index in [9.17, 15) is 0 Å². The van der Waals surface area contributed by atoms with Gasteiger partial charge >= 0.3 is 7.12 Å². The van der Waals surface area contributed by atoms with E-state index in [4.69, 9.17) is 14.8 Å². The van der Waals surface area contributed by atoms with Gasteiger partial charge in [-0.25, -0.2) is 0 Å². The molecule has 0 bridgehead atoms. The Morgan fingerprint density at radius 1 is 1.19 bits per heavy atom. The minimum absolute atomic E-state index is 0.482. The molecule has 1 aliphatic rings. The Balaban J connectivity index is 1.75. The van der Waals surface area contributed by atoms with Crippen LogP contribution in [-0.2, 0) is 0 Å². The molecule has 0 radical (unpaired) electrons. The van der Waals surface area contributed by atoms with E-state index in [1.807, 2.05) is 0 Å². The van der Waals surface area contributed by atoms with Gasteiger partial charge in [-0.1, -0.05) is 31.9 Å². The van der Waals surface area contributed by atoms with Crippen LogP contribution in [0, 0.1) is 5.92 Å². The van der Waals surface area contributed by atoms with Crippen LogP contribution in [0.5, 0.6) is 5.75 Å². The number of rotatable bonds is 6. The molecule has 2 rings (SSSR count). The predicted octanol–water partition coefficient (Wildman–Crippen LogP) is 1.26. The third kappa shape index (κ3) is 4.73. The zero-order valence-electron chi connectivity index (χ0n) is 13.0. The van der Waals surface area contributed by atoms with Crippen molar-refractivity contribution in [1.82, 2.24) is 4.90 Å². The van der Waals surface area contributed by atoms with Crippen LogP contribution in [0.25, 0.3) is 0 Å². The average molecular weight is 291 g/mol. The van der Waals surface area contributed by atoms with Gasteiger partial charge in [-0.3, -0.25) is 4.90 Å². The minimum Gasteiger partial charge on any atom is -0.492 e. The van der Waals surface area contributed by atoms with Gasteiger partial charge in [0, 0.05) is 12.6 Å². The number of nitrogens with zero attached hydrogens (tertiary/aromatic N) is 1. The Labute approximate surface area is 127 Å². The Hall–Kier alpha value is -1.04. The zero-order chi connectivity index (χ0) is 15.2.